The fraction of sp³-hybridized carbons (Fsp3) is 0.571. The molecule has 0 fully saturated rings. The highest BCUT2D eigenvalue weighted by Gasteiger charge is 1.99. The van der Waals surface area contributed by atoms with Gasteiger partial charge in [-0.1, -0.05) is 13.5 Å². The Morgan fingerprint density at radius 1 is 1.80 bits per heavy atom. The molecule has 0 aromatic heterocycles. The molecule has 0 aliphatic carbocycles. The van der Waals surface area contributed by atoms with Gasteiger partial charge in [0.25, 0.3) is 0 Å². The van der Waals surface area contributed by atoms with Crippen molar-refractivity contribution in [3.63, 3.8) is 0 Å². The van der Waals surface area contributed by atoms with Gasteiger partial charge >= 0.3 is 5.97 Å². The Hall–Kier alpha value is -0.830. The molecule has 0 heterocycles. The van der Waals surface area contributed by atoms with Crippen molar-refractivity contribution in [2.45, 2.75) is 13.3 Å². The molecule has 10 heavy (non-hydrogen) atoms. The zero-order chi connectivity index (χ0) is 7.98. The van der Waals surface area contributed by atoms with Crippen molar-refractivity contribution in [1.29, 1.82) is 0 Å². The van der Waals surface area contributed by atoms with Gasteiger partial charge in [0.05, 0.1) is 0 Å². The maximum absolute atomic E-state index is 10.5. The summed E-state index contributed by atoms with van der Waals surface area (Å²) in [5.41, 5.74) is 0. The summed E-state index contributed by atoms with van der Waals surface area (Å²) in [5.74, 6) is -0.407. The second kappa shape index (κ2) is 4.99. The van der Waals surface area contributed by atoms with Crippen LogP contribution in [0.2, 0.25) is 0 Å². The summed E-state index contributed by atoms with van der Waals surface area (Å²) in [5, 5.41) is 1.49. The van der Waals surface area contributed by atoms with Crippen LogP contribution in [-0.2, 0) is 9.63 Å². The predicted octanol–water partition coefficient (Wildman–Crippen LogP) is 0.972. The number of carbonyl (C=O) groups is 1. The Morgan fingerprint density at radius 3 is 2.80 bits per heavy atom. The van der Waals surface area contributed by atoms with Crippen LogP contribution in [0.3, 0.4) is 0 Å². The van der Waals surface area contributed by atoms with E-state index in [1.54, 1.807) is 7.05 Å². The number of hydrogen-bond acceptors (Lipinski definition) is 3. The average Bonchev–Trinajstić information content (AvgIpc) is 1.88. The van der Waals surface area contributed by atoms with Crippen LogP contribution in [0, 0.1) is 0 Å². The first kappa shape index (κ1) is 9.17. The quantitative estimate of drug-likeness (QED) is 0.434. The maximum atomic E-state index is 10.5. The number of hydroxylamine groups is 2. The van der Waals surface area contributed by atoms with Crippen LogP contribution < -0.4 is 0 Å². The molecule has 0 unspecified atom stereocenters. The van der Waals surface area contributed by atoms with Crippen molar-refractivity contribution in [2.75, 3.05) is 13.6 Å². The van der Waals surface area contributed by atoms with E-state index in [1.807, 2.05) is 6.92 Å². The number of nitrogens with zero attached hydrogens (tertiary/aromatic N) is 1. The molecule has 0 rings (SSSR count). The van der Waals surface area contributed by atoms with Crippen LogP contribution in [0.25, 0.3) is 0 Å². The lowest BCUT2D eigenvalue weighted by Gasteiger charge is -2.12. The SMILES string of the molecule is C=CC(=O)ON(C)CCC. The second-order valence-corrected chi connectivity index (χ2v) is 1.97. The van der Waals surface area contributed by atoms with E-state index in [0.29, 0.717) is 0 Å². The Balaban J connectivity index is 3.46. The molecular formula is C7H13NO2. The number of hydrogen-bond donors (Lipinski definition) is 0. The molecule has 3 nitrogen and oxygen atoms in total. The van der Waals surface area contributed by atoms with E-state index in [0.717, 1.165) is 19.0 Å². The predicted molar refractivity (Wildman–Crippen MR) is 39.2 cm³/mol. The van der Waals surface area contributed by atoms with Gasteiger partial charge in [-0.3, -0.25) is 0 Å². The monoisotopic (exact) mass is 143 g/mol. The average molecular weight is 143 g/mol. The summed E-state index contributed by atoms with van der Waals surface area (Å²) < 4.78 is 0. The lowest BCUT2D eigenvalue weighted by Crippen LogP contribution is -2.22. The molecule has 0 saturated heterocycles. The largest absolute Gasteiger partial charge is 0.365 e. The standard InChI is InChI=1S/C7H13NO2/c1-4-6-8(3)10-7(9)5-2/h5H,2,4,6H2,1,3H3. The van der Waals surface area contributed by atoms with Gasteiger partial charge in [-0.25, -0.2) is 4.79 Å². The fourth-order valence-corrected chi connectivity index (χ4v) is 0.551. The van der Waals surface area contributed by atoms with Crippen LogP contribution in [0.15, 0.2) is 12.7 Å². The van der Waals surface area contributed by atoms with Crippen LogP contribution in [0.4, 0.5) is 0 Å². The Morgan fingerprint density at radius 2 is 2.40 bits per heavy atom. The number of carbonyl (C=O) groups excluding carboxylic acids is 1. The van der Waals surface area contributed by atoms with Crippen molar-refractivity contribution in [3.05, 3.63) is 12.7 Å². The maximum Gasteiger partial charge on any atom is 0.349 e. The molecular weight excluding hydrogens is 130 g/mol. The van der Waals surface area contributed by atoms with E-state index in [1.165, 1.54) is 5.06 Å². The van der Waals surface area contributed by atoms with Crippen LogP contribution >= 0.6 is 0 Å². The van der Waals surface area contributed by atoms with E-state index in [-0.39, 0.29) is 0 Å². The minimum atomic E-state index is -0.407. The van der Waals surface area contributed by atoms with Crippen LogP contribution in [0.1, 0.15) is 13.3 Å². The van der Waals surface area contributed by atoms with E-state index in [2.05, 4.69) is 6.58 Å². The minimum Gasteiger partial charge on any atom is -0.365 e. The van der Waals surface area contributed by atoms with Gasteiger partial charge < -0.3 is 4.84 Å². The highest BCUT2D eigenvalue weighted by atomic mass is 16.7. The Kier molecular flexibility index (Phi) is 4.58. The molecule has 3 heteroatoms. The van der Waals surface area contributed by atoms with Crippen LogP contribution in [-0.4, -0.2) is 24.6 Å². The van der Waals surface area contributed by atoms with E-state index < -0.39 is 5.97 Å². The van der Waals surface area contributed by atoms with Crippen LogP contribution in [0.5, 0.6) is 0 Å². The van der Waals surface area contributed by atoms with Gasteiger partial charge in [-0.15, -0.1) is 5.06 Å². The molecule has 0 radical (unpaired) electrons. The van der Waals surface area contributed by atoms with Gasteiger partial charge in [0.15, 0.2) is 0 Å². The zero-order valence-electron chi connectivity index (χ0n) is 6.46. The number of rotatable bonds is 4. The molecule has 0 aliphatic heterocycles. The lowest BCUT2D eigenvalue weighted by atomic mass is 10.5. The molecule has 0 aromatic rings. The zero-order valence-corrected chi connectivity index (χ0v) is 6.46. The minimum absolute atomic E-state index is 0.407. The molecule has 0 N–H and O–H groups in total. The fourth-order valence-electron chi connectivity index (χ4n) is 0.551. The van der Waals surface area contributed by atoms with Gasteiger partial charge in [0.2, 0.25) is 0 Å². The molecule has 0 aromatic carbocycles. The molecule has 0 saturated carbocycles. The van der Waals surface area contributed by atoms with Crippen molar-refractivity contribution in [1.82, 2.24) is 5.06 Å². The first-order valence-electron chi connectivity index (χ1n) is 3.26. The van der Waals surface area contributed by atoms with Crippen molar-refractivity contribution < 1.29 is 9.63 Å². The van der Waals surface area contributed by atoms with Gasteiger partial charge in [-0.2, -0.15) is 0 Å². The third-order valence-electron chi connectivity index (χ3n) is 0.951. The molecule has 0 amide bonds. The third-order valence-corrected chi connectivity index (χ3v) is 0.951. The lowest BCUT2D eigenvalue weighted by molar-refractivity contribution is -0.177. The van der Waals surface area contributed by atoms with Crippen molar-refractivity contribution in [3.8, 4) is 0 Å². The first-order valence-corrected chi connectivity index (χ1v) is 3.26. The summed E-state index contributed by atoms with van der Waals surface area (Å²) in [6.07, 6.45) is 2.10. The van der Waals surface area contributed by atoms with Crippen molar-refractivity contribution >= 4 is 5.97 Å². The second-order valence-electron chi connectivity index (χ2n) is 1.97. The highest BCUT2D eigenvalue weighted by molar-refractivity contribution is 5.80. The van der Waals surface area contributed by atoms with Gasteiger partial charge in [0, 0.05) is 19.7 Å². The molecule has 58 valence electrons. The summed E-state index contributed by atoms with van der Waals surface area (Å²) >= 11 is 0. The highest BCUT2D eigenvalue weighted by Crippen LogP contribution is 1.88. The Labute approximate surface area is 61.2 Å². The summed E-state index contributed by atoms with van der Waals surface area (Å²) in [6.45, 7) is 6.03. The van der Waals surface area contributed by atoms with Crippen molar-refractivity contribution in [2.24, 2.45) is 0 Å². The van der Waals surface area contributed by atoms with Gasteiger partial charge in [-0.05, 0) is 6.42 Å². The smallest absolute Gasteiger partial charge is 0.349 e. The molecule has 0 spiro atoms. The molecule has 0 aliphatic rings. The Bertz CT molecular complexity index is 123. The topological polar surface area (TPSA) is 29.5 Å². The summed E-state index contributed by atoms with van der Waals surface area (Å²) in [4.78, 5) is 15.2. The summed E-state index contributed by atoms with van der Waals surface area (Å²) in [7, 11) is 1.71. The van der Waals surface area contributed by atoms with E-state index in [4.69, 9.17) is 4.84 Å². The van der Waals surface area contributed by atoms with E-state index in [9.17, 15) is 4.79 Å². The third kappa shape index (κ3) is 4.09. The summed E-state index contributed by atoms with van der Waals surface area (Å²) in [6, 6.07) is 0. The molecule has 0 atom stereocenters. The van der Waals surface area contributed by atoms with Gasteiger partial charge in [0.1, 0.15) is 0 Å². The normalized spacial score (nSPS) is 9.50. The van der Waals surface area contributed by atoms with E-state index >= 15 is 0 Å². The molecule has 0 bridgehead atoms. The first-order chi connectivity index (χ1) is 4.70.